The first kappa shape index (κ1) is 14.5. The molecule has 1 aliphatic carbocycles. The summed E-state index contributed by atoms with van der Waals surface area (Å²) in [4.78, 5) is 16.4. The molecule has 8 heteroatoms. The predicted molar refractivity (Wildman–Crippen MR) is 81.0 cm³/mol. The van der Waals surface area contributed by atoms with Gasteiger partial charge in [-0.25, -0.2) is 4.98 Å². The Morgan fingerprint density at radius 2 is 2.33 bits per heavy atom. The standard InChI is InChI=1S/C13H16N4O2S2/c1-7-5-14-12(21-7)8(2)17-11(9-3-4-9)15-16-13(17)20-6-10(18)19/h5,8-9H,3-4,6H2,1-2H3,(H,18,19). The van der Waals surface area contributed by atoms with Crippen LogP contribution in [0.15, 0.2) is 11.4 Å². The number of thioether (sulfide) groups is 1. The molecule has 112 valence electrons. The molecule has 0 spiro atoms. The van der Waals surface area contributed by atoms with Crippen molar-refractivity contribution in [2.24, 2.45) is 0 Å². The van der Waals surface area contributed by atoms with Crippen LogP contribution < -0.4 is 0 Å². The fourth-order valence-corrected chi connectivity index (χ4v) is 3.73. The molecule has 1 atom stereocenters. The Hall–Kier alpha value is -1.41. The highest BCUT2D eigenvalue weighted by molar-refractivity contribution is 7.99. The molecule has 1 N–H and O–H groups in total. The summed E-state index contributed by atoms with van der Waals surface area (Å²) in [5.41, 5.74) is 0. The number of nitrogens with zero attached hydrogens (tertiary/aromatic N) is 4. The maximum atomic E-state index is 10.8. The van der Waals surface area contributed by atoms with Crippen LogP contribution in [0.2, 0.25) is 0 Å². The molecule has 0 aromatic carbocycles. The second kappa shape index (κ2) is 5.76. The summed E-state index contributed by atoms with van der Waals surface area (Å²) in [7, 11) is 0. The molecule has 3 rings (SSSR count). The van der Waals surface area contributed by atoms with Gasteiger partial charge < -0.3 is 5.11 Å². The zero-order valence-corrected chi connectivity index (χ0v) is 13.4. The molecule has 0 saturated heterocycles. The normalized spacial score (nSPS) is 16.1. The average molecular weight is 324 g/mol. The van der Waals surface area contributed by atoms with Crippen molar-refractivity contribution >= 4 is 29.1 Å². The van der Waals surface area contributed by atoms with Gasteiger partial charge in [0.15, 0.2) is 5.16 Å². The predicted octanol–water partition coefficient (Wildman–Crippen LogP) is 2.71. The van der Waals surface area contributed by atoms with Crippen LogP contribution in [0, 0.1) is 6.92 Å². The maximum Gasteiger partial charge on any atom is 0.313 e. The van der Waals surface area contributed by atoms with Gasteiger partial charge in [-0.15, -0.1) is 21.5 Å². The molecule has 6 nitrogen and oxygen atoms in total. The summed E-state index contributed by atoms with van der Waals surface area (Å²) < 4.78 is 2.06. The lowest BCUT2D eigenvalue weighted by atomic mass is 10.3. The molecular weight excluding hydrogens is 308 g/mol. The van der Waals surface area contributed by atoms with E-state index in [4.69, 9.17) is 5.11 Å². The number of thiazole rings is 1. The van der Waals surface area contributed by atoms with Gasteiger partial charge in [0.05, 0.1) is 11.8 Å². The summed E-state index contributed by atoms with van der Waals surface area (Å²) in [6.07, 6.45) is 4.12. The van der Waals surface area contributed by atoms with Gasteiger partial charge in [0, 0.05) is 17.0 Å². The summed E-state index contributed by atoms with van der Waals surface area (Å²) in [5, 5.41) is 19.0. The van der Waals surface area contributed by atoms with E-state index in [0.717, 1.165) is 28.6 Å². The summed E-state index contributed by atoms with van der Waals surface area (Å²) in [5.74, 6) is 0.565. The van der Waals surface area contributed by atoms with Crippen molar-refractivity contribution in [1.29, 1.82) is 0 Å². The highest BCUT2D eigenvalue weighted by Gasteiger charge is 2.33. The maximum absolute atomic E-state index is 10.8. The number of hydrogen-bond acceptors (Lipinski definition) is 6. The minimum absolute atomic E-state index is 0.00752. The van der Waals surface area contributed by atoms with Crippen LogP contribution in [0.3, 0.4) is 0 Å². The lowest BCUT2D eigenvalue weighted by Crippen LogP contribution is -2.12. The van der Waals surface area contributed by atoms with Gasteiger partial charge in [0.25, 0.3) is 0 Å². The summed E-state index contributed by atoms with van der Waals surface area (Å²) >= 11 is 2.87. The van der Waals surface area contributed by atoms with Gasteiger partial charge in [0.2, 0.25) is 0 Å². The smallest absolute Gasteiger partial charge is 0.313 e. The number of carboxylic acids is 1. The van der Waals surface area contributed by atoms with Crippen LogP contribution in [-0.4, -0.2) is 36.6 Å². The molecular formula is C13H16N4O2S2. The van der Waals surface area contributed by atoms with Crippen molar-refractivity contribution in [3.05, 3.63) is 21.9 Å². The first-order valence-corrected chi connectivity index (χ1v) is 8.58. The second-order valence-corrected chi connectivity index (χ2v) is 7.36. The van der Waals surface area contributed by atoms with Crippen LogP contribution >= 0.6 is 23.1 Å². The molecule has 0 aliphatic heterocycles. The van der Waals surface area contributed by atoms with Crippen molar-refractivity contribution < 1.29 is 9.90 Å². The van der Waals surface area contributed by atoms with Gasteiger partial charge in [-0.2, -0.15) is 0 Å². The number of aromatic nitrogens is 4. The molecule has 0 radical (unpaired) electrons. The minimum atomic E-state index is -0.847. The van der Waals surface area contributed by atoms with Gasteiger partial charge in [-0.3, -0.25) is 9.36 Å². The molecule has 1 aliphatic rings. The van der Waals surface area contributed by atoms with Crippen LogP contribution in [0.25, 0.3) is 0 Å². The number of rotatable bonds is 6. The number of carboxylic acid groups (broad SMARTS) is 1. The highest BCUT2D eigenvalue weighted by atomic mass is 32.2. The van der Waals surface area contributed by atoms with Crippen molar-refractivity contribution in [1.82, 2.24) is 19.7 Å². The zero-order chi connectivity index (χ0) is 15.0. The summed E-state index contributed by atoms with van der Waals surface area (Å²) in [6.45, 7) is 4.10. The topological polar surface area (TPSA) is 80.9 Å². The van der Waals surface area contributed by atoms with Crippen LogP contribution in [-0.2, 0) is 4.79 Å². The van der Waals surface area contributed by atoms with E-state index in [0.29, 0.717) is 11.1 Å². The molecule has 1 fully saturated rings. The van der Waals surface area contributed by atoms with E-state index in [9.17, 15) is 4.79 Å². The molecule has 21 heavy (non-hydrogen) atoms. The molecule has 0 amide bonds. The Bertz CT molecular complexity index is 663. The van der Waals surface area contributed by atoms with Gasteiger partial charge in [-0.05, 0) is 26.7 Å². The minimum Gasteiger partial charge on any atom is -0.481 e. The first-order chi connectivity index (χ1) is 10.1. The summed E-state index contributed by atoms with van der Waals surface area (Å²) in [6, 6.07) is 0.0330. The SMILES string of the molecule is Cc1cnc(C(C)n2c(SCC(=O)O)nnc2C2CC2)s1. The fraction of sp³-hybridized carbons (Fsp3) is 0.538. The van der Waals surface area contributed by atoms with E-state index in [2.05, 4.69) is 26.7 Å². The average Bonchev–Trinajstić information content (AvgIpc) is 3.05. The third-order valence-corrected chi connectivity index (χ3v) is 5.35. The molecule has 2 aromatic heterocycles. The molecule has 1 unspecified atom stereocenters. The van der Waals surface area contributed by atoms with E-state index in [-0.39, 0.29) is 11.8 Å². The van der Waals surface area contributed by atoms with Crippen LogP contribution in [0.4, 0.5) is 0 Å². The Balaban J connectivity index is 1.93. The Labute approximate surface area is 130 Å². The third-order valence-electron chi connectivity index (χ3n) is 3.34. The monoisotopic (exact) mass is 324 g/mol. The largest absolute Gasteiger partial charge is 0.481 e. The second-order valence-electron chi connectivity index (χ2n) is 5.15. The Kier molecular flexibility index (Phi) is 3.99. The van der Waals surface area contributed by atoms with Crippen molar-refractivity contribution in [2.75, 3.05) is 5.75 Å². The Morgan fingerprint density at radius 1 is 1.57 bits per heavy atom. The van der Waals surface area contributed by atoms with E-state index < -0.39 is 5.97 Å². The number of aliphatic carboxylic acids is 1. The van der Waals surface area contributed by atoms with E-state index in [1.54, 1.807) is 11.3 Å². The highest BCUT2D eigenvalue weighted by Crippen LogP contribution is 2.42. The lowest BCUT2D eigenvalue weighted by molar-refractivity contribution is -0.133. The van der Waals surface area contributed by atoms with Gasteiger partial charge in [0.1, 0.15) is 10.8 Å². The molecule has 2 heterocycles. The van der Waals surface area contributed by atoms with Gasteiger partial charge >= 0.3 is 5.97 Å². The molecule has 0 bridgehead atoms. The third kappa shape index (κ3) is 3.11. The quantitative estimate of drug-likeness (QED) is 0.823. The van der Waals surface area contributed by atoms with E-state index in [1.807, 2.05) is 13.1 Å². The van der Waals surface area contributed by atoms with Crippen molar-refractivity contribution in [2.45, 2.75) is 43.8 Å². The zero-order valence-electron chi connectivity index (χ0n) is 11.8. The molecule has 2 aromatic rings. The van der Waals surface area contributed by atoms with Crippen LogP contribution in [0.5, 0.6) is 0 Å². The van der Waals surface area contributed by atoms with Gasteiger partial charge in [-0.1, -0.05) is 11.8 Å². The van der Waals surface area contributed by atoms with E-state index >= 15 is 0 Å². The number of aryl methyl sites for hydroxylation is 1. The van der Waals surface area contributed by atoms with Crippen molar-refractivity contribution in [3.8, 4) is 0 Å². The lowest BCUT2D eigenvalue weighted by Gasteiger charge is -2.15. The van der Waals surface area contributed by atoms with Crippen molar-refractivity contribution in [3.63, 3.8) is 0 Å². The Morgan fingerprint density at radius 3 is 2.90 bits per heavy atom. The van der Waals surface area contributed by atoms with E-state index in [1.165, 1.54) is 11.8 Å². The molecule has 1 saturated carbocycles. The number of carbonyl (C=O) groups is 1. The van der Waals surface area contributed by atoms with Crippen LogP contribution in [0.1, 0.15) is 47.4 Å². The number of hydrogen-bond donors (Lipinski definition) is 1. The first-order valence-electron chi connectivity index (χ1n) is 6.78. The fourth-order valence-electron chi connectivity index (χ4n) is 2.17.